The van der Waals surface area contributed by atoms with E-state index < -0.39 is 0 Å². The van der Waals surface area contributed by atoms with E-state index >= 15 is 0 Å². The monoisotopic (exact) mass is 676 g/mol. The van der Waals surface area contributed by atoms with Crippen LogP contribution < -0.4 is 0 Å². The van der Waals surface area contributed by atoms with Crippen LogP contribution in [0.1, 0.15) is 189 Å². The summed E-state index contributed by atoms with van der Waals surface area (Å²) in [5.74, 6) is 2.00. The zero-order chi connectivity index (χ0) is 35.8. The van der Waals surface area contributed by atoms with E-state index in [1.54, 1.807) is 0 Å². The fourth-order valence-corrected chi connectivity index (χ4v) is 6.25. The van der Waals surface area contributed by atoms with Gasteiger partial charge in [-0.3, -0.25) is 9.59 Å². The second kappa shape index (κ2) is 32.6. The Bertz CT molecular complexity index is 765. The molecule has 0 aliphatic heterocycles. The number of nitrogens with zero attached hydrogens (tertiary/aromatic N) is 1. The van der Waals surface area contributed by atoms with E-state index in [0.717, 1.165) is 70.1 Å². The lowest BCUT2D eigenvalue weighted by Gasteiger charge is -2.18. The maximum Gasteiger partial charge on any atom is 0.305 e. The highest BCUT2D eigenvalue weighted by molar-refractivity contribution is 5.69. The first kappa shape index (κ1) is 46.4. The number of carbonyl (C=O) groups is 2. The maximum absolute atomic E-state index is 12.1. The smallest absolute Gasteiger partial charge is 0.305 e. The number of hydrogen-bond acceptors (Lipinski definition) is 5. The van der Waals surface area contributed by atoms with Crippen LogP contribution >= 0.6 is 0 Å². The average molecular weight is 676 g/mol. The number of allylic oxidation sites excluding steroid dienone is 4. The lowest BCUT2D eigenvalue weighted by atomic mass is 9.90. The summed E-state index contributed by atoms with van der Waals surface area (Å²) >= 11 is 0. The van der Waals surface area contributed by atoms with Gasteiger partial charge in [-0.1, -0.05) is 114 Å². The van der Waals surface area contributed by atoms with Crippen molar-refractivity contribution in [2.24, 2.45) is 17.8 Å². The zero-order valence-electron chi connectivity index (χ0n) is 33.4. The SMILES string of the molecule is CC(C)=CCCC(C)CCOC(=O)CCCCCCCC(CCCCCCCC(=O)OCCC(C)CCC=C(C)C)CCCCN(C)C. The van der Waals surface area contributed by atoms with Crippen molar-refractivity contribution in [3.63, 3.8) is 0 Å². The van der Waals surface area contributed by atoms with Crippen LogP contribution in [0.2, 0.25) is 0 Å². The van der Waals surface area contributed by atoms with Gasteiger partial charge in [0.05, 0.1) is 13.2 Å². The Kier molecular flexibility index (Phi) is 31.5. The molecule has 5 heteroatoms. The average Bonchev–Trinajstić information content (AvgIpc) is 3.01. The summed E-state index contributed by atoms with van der Waals surface area (Å²) < 4.78 is 11.0. The number of rotatable bonds is 33. The largest absolute Gasteiger partial charge is 0.466 e. The lowest BCUT2D eigenvalue weighted by molar-refractivity contribution is -0.145. The van der Waals surface area contributed by atoms with Crippen molar-refractivity contribution >= 4 is 11.9 Å². The van der Waals surface area contributed by atoms with E-state index in [2.05, 4.69) is 72.7 Å². The molecule has 0 aliphatic carbocycles. The molecule has 0 saturated heterocycles. The van der Waals surface area contributed by atoms with Crippen LogP contribution in [0.3, 0.4) is 0 Å². The molecule has 282 valence electrons. The normalized spacial score (nSPS) is 13.2. The van der Waals surface area contributed by atoms with Crippen LogP contribution in [0, 0.1) is 17.8 Å². The van der Waals surface area contributed by atoms with Gasteiger partial charge in [0.2, 0.25) is 0 Å². The fraction of sp³-hybridized carbons (Fsp3) is 0.860. The third-order valence-corrected chi connectivity index (χ3v) is 9.63. The summed E-state index contributed by atoms with van der Waals surface area (Å²) in [4.78, 5) is 26.6. The van der Waals surface area contributed by atoms with E-state index in [1.807, 2.05) is 0 Å². The highest BCUT2D eigenvalue weighted by Gasteiger charge is 2.11. The van der Waals surface area contributed by atoms with Crippen LogP contribution in [-0.2, 0) is 19.1 Å². The summed E-state index contributed by atoms with van der Waals surface area (Å²) in [6, 6.07) is 0. The Hall–Kier alpha value is -1.62. The number of esters is 2. The minimum atomic E-state index is -0.0179. The van der Waals surface area contributed by atoms with Gasteiger partial charge in [0, 0.05) is 12.8 Å². The summed E-state index contributed by atoms with van der Waals surface area (Å²) in [5.41, 5.74) is 2.75. The number of carbonyl (C=O) groups excluding carboxylic acids is 2. The van der Waals surface area contributed by atoms with Crippen LogP contribution in [0.15, 0.2) is 23.3 Å². The molecule has 0 aliphatic rings. The Morgan fingerprint density at radius 3 is 1.29 bits per heavy atom. The quantitative estimate of drug-likeness (QED) is 0.0394. The van der Waals surface area contributed by atoms with Crippen LogP contribution in [0.25, 0.3) is 0 Å². The minimum absolute atomic E-state index is 0.0179. The van der Waals surface area contributed by atoms with Gasteiger partial charge in [0.25, 0.3) is 0 Å². The molecule has 2 atom stereocenters. The first-order valence-corrected chi connectivity index (χ1v) is 20.2. The predicted molar refractivity (Wildman–Crippen MR) is 207 cm³/mol. The predicted octanol–water partition coefficient (Wildman–Crippen LogP) is 12.4. The van der Waals surface area contributed by atoms with Crippen molar-refractivity contribution in [1.29, 1.82) is 0 Å². The van der Waals surface area contributed by atoms with Crippen molar-refractivity contribution in [3.05, 3.63) is 23.3 Å². The molecule has 0 amide bonds. The van der Waals surface area contributed by atoms with Gasteiger partial charge in [-0.15, -0.1) is 0 Å². The highest BCUT2D eigenvalue weighted by Crippen LogP contribution is 2.24. The van der Waals surface area contributed by atoms with Crippen LogP contribution in [-0.4, -0.2) is 50.7 Å². The molecule has 0 spiro atoms. The highest BCUT2D eigenvalue weighted by atomic mass is 16.5. The van der Waals surface area contributed by atoms with Crippen molar-refractivity contribution in [1.82, 2.24) is 4.90 Å². The molecular weight excluding hydrogens is 594 g/mol. The number of unbranched alkanes of at least 4 members (excludes halogenated alkanes) is 9. The Morgan fingerprint density at radius 2 is 0.896 bits per heavy atom. The molecule has 0 aromatic carbocycles. The molecule has 0 fully saturated rings. The van der Waals surface area contributed by atoms with E-state index in [0.29, 0.717) is 37.9 Å². The Morgan fingerprint density at radius 1 is 0.521 bits per heavy atom. The Balaban J connectivity index is 4.01. The van der Waals surface area contributed by atoms with Gasteiger partial charge in [0.1, 0.15) is 0 Å². The van der Waals surface area contributed by atoms with Gasteiger partial charge in [-0.05, 0) is 124 Å². The maximum atomic E-state index is 12.1. The van der Waals surface area contributed by atoms with Gasteiger partial charge in [0.15, 0.2) is 0 Å². The van der Waals surface area contributed by atoms with E-state index in [4.69, 9.17) is 9.47 Å². The molecule has 0 saturated carbocycles. The topological polar surface area (TPSA) is 55.8 Å². The molecule has 0 radical (unpaired) electrons. The van der Waals surface area contributed by atoms with Crippen molar-refractivity contribution < 1.29 is 19.1 Å². The minimum Gasteiger partial charge on any atom is -0.466 e. The van der Waals surface area contributed by atoms with E-state index in [1.165, 1.54) is 88.3 Å². The molecule has 5 nitrogen and oxygen atoms in total. The summed E-state index contributed by atoms with van der Waals surface area (Å²) in [6.07, 6.45) is 30.7. The van der Waals surface area contributed by atoms with Gasteiger partial charge < -0.3 is 14.4 Å². The van der Waals surface area contributed by atoms with Gasteiger partial charge in [-0.25, -0.2) is 0 Å². The third kappa shape index (κ3) is 34.3. The summed E-state index contributed by atoms with van der Waals surface area (Å²) in [6.45, 7) is 15.4. The van der Waals surface area contributed by atoms with Crippen molar-refractivity contribution in [2.45, 2.75) is 189 Å². The third-order valence-electron chi connectivity index (χ3n) is 9.63. The molecule has 0 aromatic rings. The van der Waals surface area contributed by atoms with Crippen molar-refractivity contribution in [3.8, 4) is 0 Å². The number of ether oxygens (including phenoxy) is 2. The van der Waals surface area contributed by atoms with E-state index in [9.17, 15) is 9.59 Å². The van der Waals surface area contributed by atoms with Crippen molar-refractivity contribution in [2.75, 3.05) is 33.9 Å². The molecule has 2 unspecified atom stereocenters. The van der Waals surface area contributed by atoms with Gasteiger partial charge >= 0.3 is 11.9 Å². The molecule has 0 N–H and O–H groups in total. The first-order chi connectivity index (χ1) is 23.0. The summed E-state index contributed by atoms with van der Waals surface area (Å²) in [5, 5.41) is 0. The molecule has 0 rings (SSSR count). The molecule has 48 heavy (non-hydrogen) atoms. The standard InChI is InChI=1S/C43H81NO4/c1-37(2)23-21-25-39(5)32-35-47-42(45)30-17-13-9-11-15-27-41(29-19-20-34-44(7)8)28-16-12-10-14-18-31-43(46)48-36-33-40(6)26-22-24-38(3)4/h23-24,39-41H,9-22,25-36H2,1-8H3. The second-order valence-electron chi connectivity index (χ2n) is 15.7. The first-order valence-electron chi connectivity index (χ1n) is 20.2. The van der Waals surface area contributed by atoms with Crippen LogP contribution in [0.4, 0.5) is 0 Å². The molecular formula is C43H81NO4. The molecule has 0 bridgehead atoms. The molecule has 0 aromatic heterocycles. The zero-order valence-corrected chi connectivity index (χ0v) is 33.4. The molecule has 0 heterocycles. The van der Waals surface area contributed by atoms with Crippen LogP contribution in [0.5, 0.6) is 0 Å². The second-order valence-corrected chi connectivity index (χ2v) is 15.7. The number of hydrogen-bond donors (Lipinski definition) is 0. The lowest BCUT2D eigenvalue weighted by Crippen LogP contribution is -2.13. The van der Waals surface area contributed by atoms with E-state index in [-0.39, 0.29) is 11.9 Å². The summed E-state index contributed by atoms with van der Waals surface area (Å²) in [7, 11) is 4.33. The Labute approximate surface area is 299 Å². The fourth-order valence-electron chi connectivity index (χ4n) is 6.25. The van der Waals surface area contributed by atoms with Gasteiger partial charge in [-0.2, -0.15) is 0 Å².